The Morgan fingerprint density at radius 3 is 2.64 bits per heavy atom. The van der Waals surface area contributed by atoms with Crippen molar-refractivity contribution in [3.8, 4) is 17.1 Å². The predicted octanol–water partition coefficient (Wildman–Crippen LogP) is 3.90. The van der Waals surface area contributed by atoms with Crippen LogP contribution < -0.4 is 4.74 Å². The van der Waals surface area contributed by atoms with E-state index in [1.807, 2.05) is 6.92 Å². The Hall–Kier alpha value is -3.08. The van der Waals surface area contributed by atoms with Gasteiger partial charge in [0.2, 0.25) is 0 Å². The molecule has 1 aliphatic carbocycles. The summed E-state index contributed by atoms with van der Waals surface area (Å²) in [6.45, 7) is 3.76. The van der Waals surface area contributed by atoms with E-state index in [0.29, 0.717) is 11.8 Å². The molecule has 3 aromatic rings. The molecule has 0 aliphatic heterocycles. The molecular formula is C20H18N4O. The van der Waals surface area contributed by atoms with Crippen LogP contribution in [0.3, 0.4) is 0 Å². The molecule has 0 radical (unpaired) electrons. The number of hydrogen-bond acceptors (Lipinski definition) is 5. The lowest BCUT2D eigenvalue weighted by Gasteiger charge is -2.06. The third kappa shape index (κ3) is 2.89. The first-order chi connectivity index (χ1) is 12.1. The van der Waals surface area contributed by atoms with Crippen LogP contribution in [0.5, 0.6) is 6.01 Å². The van der Waals surface area contributed by atoms with Crippen LogP contribution in [0.4, 0.5) is 5.95 Å². The van der Waals surface area contributed by atoms with Gasteiger partial charge in [0.25, 0.3) is 5.95 Å². The van der Waals surface area contributed by atoms with Crippen LogP contribution in [-0.2, 0) is 6.42 Å². The minimum Gasteiger partial charge on any atom is -0.467 e. The molecule has 5 heteroatoms. The second-order valence-corrected chi connectivity index (χ2v) is 6.07. The molecule has 0 atom stereocenters. The normalized spacial score (nSPS) is 12.7. The van der Waals surface area contributed by atoms with Gasteiger partial charge in [0.05, 0.1) is 7.11 Å². The summed E-state index contributed by atoms with van der Waals surface area (Å²) < 4.78 is 5.09. The van der Waals surface area contributed by atoms with Crippen molar-refractivity contribution in [2.45, 2.75) is 20.3 Å². The van der Waals surface area contributed by atoms with Gasteiger partial charge in [0.1, 0.15) is 5.82 Å². The van der Waals surface area contributed by atoms with Crippen LogP contribution in [0.2, 0.25) is 0 Å². The molecule has 1 heterocycles. The number of methoxy groups -OCH3 is 1. The number of rotatable bonds is 3. The number of benzene rings is 2. The molecule has 2 aromatic carbocycles. The molecule has 0 saturated heterocycles. The monoisotopic (exact) mass is 330 g/mol. The molecule has 0 bridgehead atoms. The number of aromatic nitrogens is 3. The van der Waals surface area contributed by atoms with E-state index in [1.54, 1.807) is 6.92 Å². The molecule has 0 unspecified atom stereocenters. The Morgan fingerprint density at radius 1 is 1.00 bits per heavy atom. The average molecular weight is 330 g/mol. The highest BCUT2D eigenvalue weighted by Crippen LogP contribution is 2.36. The highest BCUT2D eigenvalue weighted by Gasteiger charge is 2.18. The zero-order valence-electron chi connectivity index (χ0n) is 14.4. The second kappa shape index (κ2) is 6.09. The fraction of sp³-hybridized carbons (Fsp3) is 0.200. The molecule has 0 saturated carbocycles. The lowest BCUT2D eigenvalue weighted by molar-refractivity contribution is 0.377. The summed E-state index contributed by atoms with van der Waals surface area (Å²) in [4.78, 5) is 17.1. The van der Waals surface area contributed by atoms with Gasteiger partial charge in [-0.15, -0.1) is 0 Å². The predicted molar refractivity (Wildman–Crippen MR) is 97.7 cm³/mol. The Balaban J connectivity index is 1.69. The van der Waals surface area contributed by atoms with Crippen molar-refractivity contribution in [2.24, 2.45) is 4.99 Å². The second-order valence-electron chi connectivity index (χ2n) is 6.07. The number of aliphatic imine (C=N–C) groups is 1. The minimum absolute atomic E-state index is 0.281. The lowest BCUT2D eigenvalue weighted by atomic mass is 10.0. The highest BCUT2D eigenvalue weighted by molar-refractivity contribution is 6.00. The quantitative estimate of drug-likeness (QED) is 0.535. The number of nitrogens with zero attached hydrogens (tertiary/aromatic N) is 4. The number of ether oxygens (including phenoxy) is 1. The highest BCUT2D eigenvalue weighted by atomic mass is 16.5. The van der Waals surface area contributed by atoms with E-state index in [2.05, 4.69) is 62.4 Å². The fourth-order valence-electron chi connectivity index (χ4n) is 3.17. The lowest BCUT2D eigenvalue weighted by Crippen LogP contribution is -2.00. The fourth-order valence-corrected chi connectivity index (χ4v) is 3.17. The summed E-state index contributed by atoms with van der Waals surface area (Å²) >= 11 is 0. The molecule has 25 heavy (non-hydrogen) atoms. The summed E-state index contributed by atoms with van der Waals surface area (Å²) in [5.41, 5.74) is 7.29. The molecule has 0 amide bonds. The number of hydrogen-bond donors (Lipinski definition) is 0. The Bertz CT molecular complexity index is 995. The van der Waals surface area contributed by atoms with Crippen molar-refractivity contribution in [3.63, 3.8) is 0 Å². The smallest absolute Gasteiger partial charge is 0.321 e. The summed E-state index contributed by atoms with van der Waals surface area (Å²) in [5, 5.41) is 0. The number of aryl methyl sites for hydroxylation is 1. The molecule has 1 aliphatic rings. The van der Waals surface area contributed by atoms with Gasteiger partial charge in [-0.05, 0) is 54.2 Å². The standard InChI is InChI=1S/C20H18N4O/c1-12(21-19-22-13(2)23-20(24-19)25-3)14-8-9-18-16(10-14)11-15-6-4-5-7-17(15)18/h4-10H,11H2,1-3H3/b21-12+. The molecule has 5 nitrogen and oxygen atoms in total. The van der Waals surface area contributed by atoms with Crippen molar-refractivity contribution in [1.29, 1.82) is 0 Å². The zero-order chi connectivity index (χ0) is 17.4. The van der Waals surface area contributed by atoms with Gasteiger partial charge < -0.3 is 4.74 Å². The van der Waals surface area contributed by atoms with E-state index < -0.39 is 0 Å². The van der Waals surface area contributed by atoms with Crippen LogP contribution in [0.25, 0.3) is 11.1 Å². The third-order valence-corrected chi connectivity index (χ3v) is 4.38. The largest absolute Gasteiger partial charge is 0.467 e. The van der Waals surface area contributed by atoms with Crippen LogP contribution in [0.1, 0.15) is 29.4 Å². The SMILES string of the molecule is COc1nc(C)nc(/N=C(\C)c2ccc3c(c2)Cc2ccccc2-3)n1. The van der Waals surface area contributed by atoms with Gasteiger partial charge in [-0.25, -0.2) is 4.99 Å². The summed E-state index contributed by atoms with van der Waals surface area (Å²) in [5.74, 6) is 0.952. The van der Waals surface area contributed by atoms with E-state index >= 15 is 0 Å². The first-order valence-corrected chi connectivity index (χ1v) is 8.17. The van der Waals surface area contributed by atoms with E-state index in [0.717, 1.165) is 17.7 Å². The summed E-state index contributed by atoms with van der Waals surface area (Å²) in [6.07, 6.45) is 0.964. The summed E-state index contributed by atoms with van der Waals surface area (Å²) in [6, 6.07) is 15.3. The maximum absolute atomic E-state index is 5.09. The van der Waals surface area contributed by atoms with Crippen LogP contribution >= 0.6 is 0 Å². The van der Waals surface area contributed by atoms with Gasteiger partial charge in [0.15, 0.2) is 0 Å². The Morgan fingerprint density at radius 2 is 1.80 bits per heavy atom. The Labute approximate surface area is 146 Å². The maximum atomic E-state index is 5.09. The summed E-state index contributed by atoms with van der Waals surface area (Å²) in [7, 11) is 1.54. The van der Waals surface area contributed by atoms with Crippen molar-refractivity contribution in [3.05, 3.63) is 65.0 Å². The van der Waals surface area contributed by atoms with Crippen molar-refractivity contribution in [1.82, 2.24) is 15.0 Å². The zero-order valence-corrected chi connectivity index (χ0v) is 14.4. The first kappa shape index (κ1) is 15.4. The van der Waals surface area contributed by atoms with Crippen molar-refractivity contribution in [2.75, 3.05) is 7.11 Å². The number of fused-ring (bicyclic) bond motifs is 3. The van der Waals surface area contributed by atoms with Crippen LogP contribution in [0, 0.1) is 6.92 Å². The van der Waals surface area contributed by atoms with E-state index in [1.165, 1.54) is 29.4 Å². The van der Waals surface area contributed by atoms with Gasteiger partial charge in [-0.2, -0.15) is 15.0 Å². The molecule has 0 fully saturated rings. The molecule has 0 spiro atoms. The maximum Gasteiger partial charge on any atom is 0.321 e. The van der Waals surface area contributed by atoms with Gasteiger partial charge in [-0.1, -0.05) is 36.4 Å². The molecule has 124 valence electrons. The average Bonchev–Trinajstić information content (AvgIpc) is 2.98. The van der Waals surface area contributed by atoms with Gasteiger partial charge in [0, 0.05) is 5.71 Å². The Kier molecular flexibility index (Phi) is 3.76. The van der Waals surface area contributed by atoms with Gasteiger partial charge >= 0.3 is 6.01 Å². The van der Waals surface area contributed by atoms with E-state index in [9.17, 15) is 0 Å². The topological polar surface area (TPSA) is 60.3 Å². The van der Waals surface area contributed by atoms with E-state index in [-0.39, 0.29) is 6.01 Å². The molecule has 4 rings (SSSR count). The molecule has 0 N–H and O–H groups in total. The molecular weight excluding hydrogens is 312 g/mol. The first-order valence-electron chi connectivity index (χ1n) is 8.17. The van der Waals surface area contributed by atoms with Crippen molar-refractivity contribution >= 4 is 11.7 Å². The minimum atomic E-state index is 0.281. The van der Waals surface area contributed by atoms with Gasteiger partial charge in [-0.3, -0.25) is 0 Å². The van der Waals surface area contributed by atoms with Crippen LogP contribution in [-0.4, -0.2) is 27.8 Å². The third-order valence-electron chi connectivity index (χ3n) is 4.38. The van der Waals surface area contributed by atoms with E-state index in [4.69, 9.17) is 4.74 Å². The molecule has 1 aromatic heterocycles. The van der Waals surface area contributed by atoms with Crippen molar-refractivity contribution < 1.29 is 4.74 Å². The van der Waals surface area contributed by atoms with Crippen LogP contribution in [0.15, 0.2) is 47.5 Å².